The van der Waals surface area contributed by atoms with Crippen molar-refractivity contribution in [2.24, 2.45) is 0 Å². The largest absolute Gasteiger partial charge is 0.388 e. The maximum absolute atomic E-state index is 9.97. The zero-order valence-electron chi connectivity index (χ0n) is 10.3. The molecule has 2 N–H and O–H groups in total. The highest BCUT2D eigenvalue weighted by Gasteiger charge is 2.31. The maximum Gasteiger partial charge on any atom is 0.0810 e. The lowest BCUT2D eigenvalue weighted by Gasteiger charge is -2.21. The van der Waals surface area contributed by atoms with E-state index in [1.54, 1.807) is 0 Å². The molecule has 1 atom stereocenters. The Kier molecular flexibility index (Phi) is 3.76. The molecule has 0 radical (unpaired) electrons. The van der Waals surface area contributed by atoms with E-state index in [9.17, 15) is 5.11 Å². The first-order chi connectivity index (χ1) is 8.02. The monoisotopic (exact) mass is 298 g/mol. The summed E-state index contributed by atoms with van der Waals surface area (Å²) in [7, 11) is 1.94. The van der Waals surface area contributed by atoms with Crippen LogP contribution in [0.2, 0.25) is 0 Å². The van der Waals surface area contributed by atoms with Crippen LogP contribution in [0.15, 0.2) is 22.7 Å². The lowest BCUT2D eigenvalue weighted by molar-refractivity contribution is 0.0839. The van der Waals surface area contributed by atoms with E-state index in [4.69, 9.17) is 0 Å². The topological polar surface area (TPSA) is 35.5 Å². The molecule has 0 amide bonds. The summed E-state index contributed by atoms with van der Waals surface area (Å²) >= 11 is 3.59. The lowest BCUT2D eigenvalue weighted by Crippen LogP contribution is -2.29. The van der Waals surface area contributed by atoms with Crippen LogP contribution in [-0.2, 0) is 6.54 Å². The fourth-order valence-corrected chi connectivity index (χ4v) is 2.74. The van der Waals surface area contributed by atoms with Gasteiger partial charge >= 0.3 is 0 Å². The quantitative estimate of drug-likeness (QED) is 0.897. The fourth-order valence-electron chi connectivity index (χ4n) is 2.23. The molecule has 0 aliphatic carbocycles. The summed E-state index contributed by atoms with van der Waals surface area (Å²) in [6, 6.07) is 6.38. The van der Waals surface area contributed by atoms with Crippen LogP contribution in [0.5, 0.6) is 0 Å². The van der Waals surface area contributed by atoms with Gasteiger partial charge in [-0.3, -0.25) is 0 Å². The van der Waals surface area contributed by atoms with E-state index in [1.807, 2.05) is 14.0 Å². The van der Waals surface area contributed by atoms with Crippen molar-refractivity contribution < 1.29 is 5.11 Å². The highest BCUT2D eigenvalue weighted by atomic mass is 79.9. The van der Waals surface area contributed by atoms with Gasteiger partial charge in [-0.2, -0.15) is 0 Å². The van der Waals surface area contributed by atoms with Crippen LogP contribution >= 0.6 is 15.9 Å². The zero-order valence-corrected chi connectivity index (χ0v) is 11.9. The van der Waals surface area contributed by atoms with E-state index in [0.717, 1.165) is 24.0 Å². The van der Waals surface area contributed by atoms with Gasteiger partial charge in [0.1, 0.15) is 0 Å². The van der Waals surface area contributed by atoms with Crippen LogP contribution in [-0.4, -0.2) is 30.8 Å². The standard InChI is InChI=1S/C13H19BrN2O/c1-13(17)5-6-16(9-13)11-4-3-10(8-15-2)12(14)7-11/h3-4,7,15,17H,5-6,8-9H2,1-2H3. The molecule has 94 valence electrons. The molecule has 1 unspecified atom stereocenters. The van der Waals surface area contributed by atoms with E-state index < -0.39 is 5.60 Å². The summed E-state index contributed by atoms with van der Waals surface area (Å²) in [5, 5.41) is 13.1. The Morgan fingerprint density at radius 2 is 2.29 bits per heavy atom. The van der Waals surface area contributed by atoms with Gasteiger partial charge in [-0.15, -0.1) is 0 Å². The second-order valence-corrected chi connectivity index (χ2v) is 5.83. The molecule has 0 saturated carbocycles. The molecular formula is C13H19BrN2O. The van der Waals surface area contributed by atoms with Crippen molar-refractivity contribution in [2.45, 2.75) is 25.5 Å². The number of hydrogen-bond donors (Lipinski definition) is 2. The molecule has 0 aromatic heterocycles. The summed E-state index contributed by atoms with van der Waals surface area (Å²) in [6.45, 7) is 4.39. The summed E-state index contributed by atoms with van der Waals surface area (Å²) in [5.74, 6) is 0. The van der Waals surface area contributed by atoms with Gasteiger partial charge in [0.2, 0.25) is 0 Å². The van der Waals surface area contributed by atoms with Gasteiger partial charge in [-0.25, -0.2) is 0 Å². The predicted octanol–water partition coefficient (Wildman–Crippen LogP) is 2.13. The van der Waals surface area contributed by atoms with Crippen LogP contribution in [0.4, 0.5) is 5.69 Å². The van der Waals surface area contributed by atoms with Crippen LogP contribution in [0, 0.1) is 0 Å². The molecule has 0 bridgehead atoms. The van der Waals surface area contributed by atoms with Crippen LogP contribution < -0.4 is 10.2 Å². The Bertz CT molecular complexity index is 406. The van der Waals surface area contributed by atoms with Crippen LogP contribution in [0.3, 0.4) is 0 Å². The number of β-amino-alcohol motifs (C(OH)–C–C–N with tert-alkyl or cyclic N) is 1. The molecule has 1 fully saturated rings. The number of benzene rings is 1. The maximum atomic E-state index is 9.97. The average Bonchev–Trinajstić information content (AvgIpc) is 2.62. The third-order valence-electron chi connectivity index (χ3n) is 3.22. The number of aliphatic hydroxyl groups is 1. The number of nitrogens with one attached hydrogen (secondary N) is 1. The molecule has 17 heavy (non-hydrogen) atoms. The fraction of sp³-hybridized carbons (Fsp3) is 0.538. The Morgan fingerprint density at radius 1 is 1.53 bits per heavy atom. The Hall–Kier alpha value is -0.580. The molecule has 1 aromatic rings. The molecule has 4 heteroatoms. The van der Waals surface area contributed by atoms with Crippen molar-refractivity contribution in [3.05, 3.63) is 28.2 Å². The third kappa shape index (κ3) is 3.00. The smallest absolute Gasteiger partial charge is 0.0810 e. The summed E-state index contributed by atoms with van der Waals surface area (Å²) in [6.07, 6.45) is 0.836. The number of halogens is 1. The van der Waals surface area contributed by atoms with Gasteiger partial charge in [0.15, 0.2) is 0 Å². The normalized spacial score (nSPS) is 24.4. The zero-order chi connectivity index (χ0) is 12.5. The minimum absolute atomic E-state index is 0.546. The Labute approximate surface area is 111 Å². The summed E-state index contributed by atoms with van der Waals surface area (Å²) in [4.78, 5) is 2.23. The summed E-state index contributed by atoms with van der Waals surface area (Å²) in [5.41, 5.74) is 1.88. The van der Waals surface area contributed by atoms with Crippen LogP contribution in [0.1, 0.15) is 18.9 Å². The first-order valence-corrected chi connectivity index (χ1v) is 6.71. The third-order valence-corrected chi connectivity index (χ3v) is 3.96. The van der Waals surface area contributed by atoms with Crippen molar-refractivity contribution in [2.75, 3.05) is 25.0 Å². The average molecular weight is 299 g/mol. The highest BCUT2D eigenvalue weighted by Crippen LogP contribution is 2.29. The molecule has 1 heterocycles. The number of hydrogen-bond acceptors (Lipinski definition) is 3. The van der Waals surface area contributed by atoms with Crippen LogP contribution in [0.25, 0.3) is 0 Å². The van der Waals surface area contributed by atoms with E-state index >= 15 is 0 Å². The first kappa shape index (κ1) is 12.9. The number of anilines is 1. The second kappa shape index (κ2) is 4.96. The second-order valence-electron chi connectivity index (χ2n) is 4.97. The molecule has 2 rings (SSSR count). The molecule has 0 spiro atoms. The number of nitrogens with zero attached hydrogens (tertiary/aromatic N) is 1. The highest BCUT2D eigenvalue weighted by molar-refractivity contribution is 9.10. The SMILES string of the molecule is CNCc1ccc(N2CCC(C)(O)C2)cc1Br. The predicted molar refractivity (Wildman–Crippen MR) is 74.4 cm³/mol. The van der Waals surface area contributed by atoms with Gasteiger partial charge in [-0.05, 0) is 38.1 Å². The van der Waals surface area contributed by atoms with Crippen molar-refractivity contribution in [1.82, 2.24) is 5.32 Å². The van der Waals surface area contributed by atoms with Crippen molar-refractivity contribution in [3.63, 3.8) is 0 Å². The number of rotatable bonds is 3. The van der Waals surface area contributed by atoms with E-state index in [1.165, 1.54) is 11.3 Å². The molecule has 1 saturated heterocycles. The molecule has 1 aliphatic rings. The Balaban J connectivity index is 2.15. The minimum atomic E-state index is -0.546. The lowest BCUT2D eigenvalue weighted by atomic mass is 10.1. The van der Waals surface area contributed by atoms with Gasteiger partial charge in [0, 0.05) is 29.8 Å². The van der Waals surface area contributed by atoms with Crippen molar-refractivity contribution in [3.8, 4) is 0 Å². The van der Waals surface area contributed by atoms with E-state index in [-0.39, 0.29) is 0 Å². The molecule has 3 nitrogen and oxygen atoms in total. The molecule has 1 aromatic carbocycles. The Morgan fingerprint density at radius 3 is 2.82 bits per heavy atom. The molecular weight excluding hydrogens is 280 g/mol. The summed E-state index contributed by atoms with van der Waals surface area (Å²) < 4.78 is 1.12. The first-order valence-electron chi connectivity index (χ1n) is 5.92. The van der Waals surface area contributed by atoms with Gasteiger partial charge in [0.25, 0.3) is 0 Å². The minimum Gasteiger partial charge on any atom is -0.388 e. The van der Waals surface area contributed by atoms with E-state index in [2.05, 4.69) is 44.3 Å². The van der Waals surface area contributed by atoms with Gasteiger partial charge in [0.05, 0.1) is 5.60 Å². The van der Waals surface area contributed by atoms with E-state index in [0.29, 0.717) is 6.54 Å². The van der Waals surface area contributed by atoms with Gasteiger partial charge in [-0.1, -0.05) is 22.0 Å². The van der Waals surface area contributed by atoms with Crippen molar-refractivity contribution in [1.29, 1.82) is 0 Å². The molecule has 1 aliphatic heterocycles. The van der Waals surface area contributed by atoms with Gasteiger partial charge < -0.3 is 15.3 Å². The van der Waals surface area contributed by atoms with Crippen molar-refractivity contribution >= 4 is 21.6 Å².